The van der Waals surface area contributed by atoms with E-state index in [2.05, 4.69) is 28.7 Å². The van der Waals surface area contributed by atoms with Crippen molar-refractivity contribution in [3.8, 4) is 0 Å². The maximum absolute atomic E-state index is 12.2. The van der Waals surface area contributed by atoms with E-state index in [9.17, 15) is 4.79 Å². The Labute approximate surface area is 118 Å². The number of amides is 1. The van der Waals surface area contributed by atoms with Crippen molar-refractivity contribution >= 4 is 17.2 Å². The second-order valence-electron chi connectivity index (χ2n) is 5.56. The molecular formula is C14H21N3OS. The predicted octanol–water partition coefficient (Wildman–Crippen LogP) is 0.926. The van der Waals surface area contributed by atoms with Gasteiger partial charge < -0.3 is 15.1 Å². The molecule has 1 N–H and O–H groups in total. The normalized spacial score (nSPS) is 23.6. The molecule has 1 aromatic heterocycles. The number of likely N-dealkylation sites (tertiary alicyclic amines) is 1. The molecule has 0 aliphatic carbocycles. The third kappa shape index (κ3) is 2.99. The molecule has 0 bridgehead atoms. The van der Waals surface area contributed by atoms with Crippen LogP contribution in [0.5, 0.6) is 0 Å². The summed E-state index contributed by atoms with van der Waals surface area (Å²) < 4.78 is 0. The van der Waals surface area contributed by atoms with Gasteiger partial charge in [0.1, 0.15) is 0 Å². The molecule has 3 rings (SSSR count). The summed E-state index contributed by atoms with van der Waals surface area (Å²) in [5.41, 5.74) is 1.34. The highest BCUT2D eigenvalue weighted by Gasteiger charge is 2.23. The van der Waals surface area contributed by atoms with Crippen LogP contribution in [0.15, 0.2) is 11.4 Å². The summed E-state index contributed by atoms with van der Waals surface area (Å²) in [4.78, 5) is 18.0. The lowest BCUT2D eigenvalue weighted by Gasteiger charge is -2.27. The van der Waals surface area contributed by atoms with Gasteiger partial charge in [-0.1, -0.05) is 0 Å². The van der Waals surface area contributed by atoms with Gasteiger partial charge in [0, 0.05) is 30.6 Å². The molecule has 0 radical (unpaired) electrons. The Morgan fingerprint density at radius 1 is 1.53 bits per heavy atom. The number of rotatable bonds is 3. The van der Waals surface area contributed by atoms with E-state index < -0.39 is 0 Å². The number of hydrogen-bond acceptors (Lipinski definition) is 4. The van der Waals surface area contributed by atoms with Crippen LogP contribution in [-0.2, 0) is 17.8 Å². The minimum atomic E-state index is 0.242. The third-order valence-electron chi connectivity index (χ3n) is 4.09. The van der Waals surface area contributed by atoms with E-state index >= 15 is 0 Å². The molecule has 2 aliphatic rings. The zero-order valence-electron chi connectivity index (χ0n) is 11.4. The Morgan fingerprint density at radius 2 is 2.42 bits per heavy atom. The van der Waals surface area contributed by atoms with E-state index in [0.717, 1.165) is 39.0 Å². The molecule has 3 heterocycles. The number of hydrogen-bond donors (Lipinski definition) is 1. The first-order valence-corrected chi connectivity index (χ1v) is 7.85. The van der Waals surface area contributed by atoms with Crippen molar-refractivity contribution in [2.24, 2.45) is 0 Å². The molecule has 19 heavy (non-hydrogen) atoms. The summed E-state index contributed by atoms with van der Waals surface area (Å²) in [7, 11) is 2.13. The highest BCUT2D eigenvalue weighted by Crippen LogP contribution is 2.23. The van der Waals surface area contributed by atoms with Crippen molar-refractivity contribution in [2.45, 2.75) is 25.4 Å². The zero-order valence-corrected chi connectivity index (χ0v) is 12.2. The van der Waals surface area contributed by atoms with E-state index in [1.54, 1.807) is 0 Å². The summed E-state index contributed by atoms with van der Waals surface area (Å²) in [6.07, 6.45) is 2.17. The topological polar surface area (TPSA) is 35.6 Å². The highest BCUT2D eigenvalue weighted by molar-refractivity contribution is 7.10. The van der Waals surface area contributed by atoms with Gasteiger partial charge in [-0.05, 0) is 43.4 Å². The van der Waals surface area contributed by atoms with Crippen molar-refractivity contribution in [1.82, 2.24) is 15.1 Å². The molecule has 0 saturated carbocycles. The lowest BCUT2D eigenvalue weighted by atomic mass is 10.1. The van der Waals surface area contributed by atoms with Crippen molar-refractivity contribution in [3.05, 3.63) is 21.9 Å². The number of thiophene rings is 1. The van der Waals surface area contributed by atoms with E-state index in [4.69, 9.17) is 0 Å². The molecule has 1 aromatic rings. The van der Waals surface area contributed by atoms with Gasteiger partial charge in [0.05, 0.1) is 6.54 Å². The predicted molar refractivity (Wildman–Crippen MR) is 77.3 cm³/mol. The fraction of sp³-hybridized carbons (Fsp3) is 0.643. The first-order valence-electron chi connectivity index (χ1n) is 6.97. The minimum Gasteiger partial charge on any atom is -0.337 e. The average molecular weight is 279 g/mol. The fourth-order valence-corrected chi connectivity index (χ4v) is 3.80. The molecule has 1 atom stereocenters. The summed E-state index contributed by atoms with van der Waals surface area (Å²) >= 11 is 1.81. The Kier molecular flexibility index (Phi) is 3.86. The summed E-state index contributed by atoms with van der Waals surface area (Å²) in [6.45, 7) is 4.34. The number of carbonyl (C=O) groups is 1. The molecule has 4 nitrogen and oxygen atoms in total. The van der Waals surface area contributed by atoms with Crippen molar-refractivity contribution < 1.29 is 4.79 Å². The average Bonchev–Trinajstić information content (AvgIpc) is 3.03. The van der Waals surface area contributed by atoms with Crippen LogP contribution < -0.4 is 5.32 Å². The van der Waals surface area contributed by atoms with Crippen LogP contribution in [0.2, 0.25) is 0 Å². The van der Waals surface area contributed by atoms with Gasteiger partial charge in [0.2, 0.25) is 5.91 Å². The van der Waals surface area contributed by atoms with Crippen LogP contribution in [0.3, 0.4) is 0 Å². The van der Waals surface area contributed by atoms with E-state index in [-0.39, 0.29) is 5.91 Å². The number of fused-ring (bicyclic) bond motifs is 1. The molecule has 1 fully saturated rings. The lowest BCUT2D eigenvalue weighted by Crippen LogP contribution is -2.44. The number of carbonyl (C=O) groups excluding carboxylic acids is 1. The molecule has 104 valence electrons. The highest BCUT2D eigenvalue weighted by atomic mass is 32.1. The molecule has 0 spiro atoms. The van der Waals surface area contributed by atoms with E-state index in [1.165, 1.54) is 10.4 Å². The SMILES string of the molecule is CN1CCC(NCC(=O)N2CCc3sccc3C2)C1. The van der Waals surface area contributed by atoms with Crippen LogP contribution in [0.25, 0.3) is 0 Å². The second kappa shape index (κ2) is 5.61. The van der Waals surface area contributed by atoms with Gasteiger partial charge in [-0.15, -0.1) is 11.3 Å². The van der Waals surface area contributed by atoms with Gasteiger partial charge >= 0.3 is 0 Å². The maximum atomic E-state index is 12.2. The first kappa shape index (κ1) is 13.1. The monoisotopic (exact) mass is 279 g/mol. The number of likely N-dealkylation sites (N-methyl/N-ethyl adjacent to an activating group) is 1. The molecule has 2 aliphatic heterocycles. The van der Waals surface area contributed by atoms with E-state index in [1.807, 2.05) is 16.2 Å². The molecular weight excluding hydrogens is 258 g/mol. The largest absolute Gasteiger partial charge is 0.337 e. The van der Waals surface area contributed by atoms with Crippen LogP contribution in [-0.4, -0.2) is 55.0 Å². The van der Waals surface area contributed by atoms with Gasteiger partial charge in [0.15, 0.2) is 0 Å². The van der Waals surface area contributed by atoms with Crippen LogP contribution in [0, 0.1) is 0 Å². The Hall–Kier alpha value is -0.910. The standard InChI is InChI=1S/C14H21N3OS/c1-16-5-2-12(10-16)15-8-14(18)17-6-3-13-11(9-17)4-7-19-13/h4,7,12,15H,2-3,5-6,8-10H2,1H3. The molecule has 0 aromatic carbocycles. The summed E-state index contributed by atoms with van der Waals surface area (Å²) in [5.74, 6) is 0.242. The zero-order chi connectivity index (χ0) is 13.2. The van der Waals surface area contributed by atoms with Crippen molar-refractivity contribution in [2.75, 3.05) is 33.2 Å². The van der Waals surface area contributed by atoms with Gasteiger partial charge in [-0.3, -0.25) is 4.79 Å². The van der Waals surface area contributed by atoms with Crippen molar-refractivity contribution in [3.63, 3.8) is 0 Å². The first-order chi connectivity index (χ1) is 9.22. The van der Waals surface area contributed by atoms with Gasteiger partial charge in [0.25, 0.3) is 0 Å². The van der Waals surface area contributed by atoms with E-state index in [0.29, 0.717) is 12.6 Å². The maximum Gasteiger partial charge on any atom is 0.236 e. The number of nitrogens with one attached hydrogen (secondary N) is 1. The summed E-state index contributed by atoms with van der Waals surface area (Å²) in [6, 6.07) is 2.63. The molecule has 5 heteroatoms. The molecule has 1 saturated heterocycles. The Balaban J connectivity index is 1.49. The molecule has 1 amide bonds. The second-order valence-corrected chi connectivity index (χ2v) is 6.56. The van der Waals surface area contributed by atoms with Crippen molar-refractivity contribution in [1.29, 1.82) is 0 Å². The Morgan fingerprint density at radius 3 is 3.21 bits per heavy atom. The van der Waals surface area contributed by atoms with Crippen LogP contribution in [0.1, 0.15) is 16.9 Å². The smallest absolute Gasteiger partial charge is 0.236 e. The van der Waals surface area contributed by atoms with Gasteiger partial charge in [-0.25, -0.2) is 0 Å². The summed E-state index contributed by atoms with van der Waals surface area (Å²) in [5, 5.41) is 5.53. The number of nitrogens with zero attached hydrogens (tertiary/aromatic N) is 2. The molecule has 1 unspecified atom stereocenters. The quantitative estimate of drug-likeness (QED) is 0.894. The fourth-order valence-electron chi connectivity index (χ4n) is 2.91. The lowest BCUT2D eigenvalue weighted by molar-refractivity contribution is -0.131. The minimum absolute atomic E-state index is 0.242. The van der Waals surface area contributed by atoms with Crippen LogP contribution >= 0.6 is 11.3 Å². The Bertz CT molecular complexity index is 459. The third-order valence-corrected chi connectivity index (χ3v) is 5.12. The van der Waals surface area contributed by atoms with Gasteiger partial charge in [-0.2, -0.15) is 0 Å². The van der Waals surface area contributed by atoms with Crippen LogP contribution in [0.4, 0.5) is 0 Å².